The van der Waals surface area contributed by atoms with Gasteiger partial charge in [-0.15, -0.1) is 0 Å². The van der Waals surface area contributed by atoms with E-state index in [9.17, 15) is 19.8 Å². The first kappa shape index (κ1) is 18.4. The van der Waals surface area contributed by atoms with E-state index < -0.39 is 18.0 Å². The molecule has 28 heavy (non-hydrogen) atoms. The Labute approximate surface area is 163 Å². The zero-order chi connectivity index (χ0) is 20.0. The predicted octanol–water partition coefficient (Wildman–Crippen LogP) is 0.403. The van der Waals surface area contributed by atoms with Crippen molar-refractivity contribution in [1.82, 2.24) is 4.90 Å². The van der Waals surface area contributed by atoms with Crippen molar-refractivity contribution in [2.24, 2.45) is 5.92 Å². The maximum Gasteiger partial charge on any atom is 0.235 e. The minimum absolute atomic E-state index is 0.0624. The van der Waals surface area contributed by atoms with Crippen molar-refractivity contribution in [3.05, 3.63) is 71.2 Å². The summed E-state index contributed by atoms with van der Waals surface area (Å²) >= 11 is 0. The number of β-lactam (4-membered cyclic amide) rings is 1. The lowest BCUT2D eigenvalue weighted by Gasteiger charge is -2.45. The molecule has 3 heterocycles. The normalized spacial score (nSPS) is 22.1. The zero-order valence-electron chi connectivity index (χ0n) is 15.8. The first-order valence-electron chi connectivity index (χ1n) is 9.37. The van der Waals surface area contributed by atoms with E-state index in [-0.39, 0.29) is 17.6 Å². The van der Waals surface area contributed by atoms with Gasteiger partial charge in [-0.3, -0.25) is 4.79 Å². The number of aromatic nitrogens is 1. The van der Waals surface area contributed by atoms with Crippen LogP contribution in [0, 0.1) is 12.8 Å². The number of fused-ring (bicyclic) bond motifs is 1. The minimum Gasteiger partial charge on any atom is -0.543 e. The molecule has 0 bridgehead atoms. The smallest absolute Gasteiger partial charge is 0.235 e. The van der Waals surface area contributed by atoms with Gasteiger partial charge in [0.05, 0.1) is 29.7 Å². The Morgan fingerprint density at radius 2 is 1.89 bits per heavy atom. The second-order valence-electron chi connectivity index (χ2n) is 7.61. The number of aryl methyl sites for hydroxylation is 1. The number of carbonyl (C=O) groups is 2. The number of hydrogen-bond donors (Lipinski definition) is 1. The van der Waals surface area contributed by atoms with Crippen molar-refractivity contribution < 1.29 is 24.4 Å². The van der Waals surface area contributed by atoms with Crippen LogP contribution in [0.3, 0.4) is 0 Å². The van der Waals surface area contributed by atoms with Crippen LogP contribution >= 0.6 is 0 Å². The van der Waals surface area contributed by atoms with E-state index in [1.165, 1.54) is 10.5 Å². The minimum atomic E-state index is -1.35. The zero-order valence-corrected chi connectivity index (χ0v) is 15.8. The third kappa shape index (κ3) is 2.99. The number of rotatable bonds is 5. The average molecular weight is 378 g/mol. The quantitative estimate of drug-likeness (QED) is 0.603. The van der Waals surface area contributed by atoms with Crippen LogP contribution in [0.5, 0.6) is 0 Å². The Hall–Kier alpha value is -2.99. The second-order valence-corrected chi connectivity index (χ2v) is 7.61. The van der Waals surface area contributed by atoms with Gasteiger partial charge in [-0.1, -0.05) is 24.3 Å². The number of aliphatic hydroxyl groups is 1. The standard InChI is InChI=1S/C22H22N2O4/c1-13-7-9-23(10-8-13)12-15-3-5-16(6-4-15)17-11-18-19(14(2)25)21(26)24(18)20(17)22(27)28/h3-10,14,18-19,25H,11-12H2,1-2H3/t14-,18-,19-/m1/s1. The fourth-order valence-corrected chi connectivity index (χ4v) is 4.18. The topological polar surface area (TPSA) is 84.5 Å². The molecule has 3 atom stereocenters. The van der Waals surface area contributed by atoms with Gasteiger partial charge in [-0.05, 0) is 37.0 Å². The van der Waals surface area contributed by atoms with Crippen molar-refractivity contribution >= 4 is 17.4 Å². The van der Waals surface area contributed by atoms with Gasteiger partial charge < -0.3 is 19.9 Å². The summed E-state index contributed by atoms with van der Waals surface area (Å²) in [7, 11) is 0. The van der Waals surface area contributed by atoms with Crippen LogP contribution in [-0.2, 0) is 16.1 Å². The van der Waals surface area contributed by atoms with Crippen LogP contribution in [-0.4, -0.2) is 34.0 Å². The molecule has 1 saturated heterocycles. The van der Waals surface area contributed by atoms with Crippen molar-refractivity contribution in [3.63, 3.8) is 0 Å². The van der Waals surface area contributed by atoms with Crippen LogP contribution in [0.25, 0.3) is 5.57 Å². The third-order valence-corrected chi connectivity index (χ3v) is 5.65. The number of pyridine rings is 1. The van der Waals surface area contributed by atoms with Crippen LogP contribution in [0.15, 0.2) is 54.5 Å². The molecule has 6 heteroatoms. The molecule has 144 valence electrons. The van der Waals surface area contributed by atoms with Crippen molar-refractivity contribution in [1.29, 1.82) is 0 Å². The lowest BCUT2D eigenvalue weighted by molar-refractivity contribution is -0.688. The summed E-state index contributed by atoms with van der Waals surface area (Å²) in [5.41, 5.74) is 3.59. The summed E-state index contributed by atoms with van der Waals surface area (Å²) in [5, 5.41) is 21.5. The van der Waals surface area contributed by atoms with E-state index in [0.717, 1.165) is 11.1 Å². The maximum absolute atomic E-state index is 12.3. The Balaban J connectivity index is 1.59. The average Bonchev–Trinajstić information content (AvgIpc) is 2.99. The van der Waals surface area contributed by atoms with Gasteiger partial charge in [0.2, 0.25) is 5.91 Å². The maximum atomic E-state index is 12.3. The molecule has 4 rings (SSSR count). The van der Waals surface area contributed by atoms with Crippen LogP contribution in [0.2, 0.25) is 0 Å². The molecule has 0 spiro atoms. The van der Waals surface area contributed by atoms with E-state index in [4.69, 9.17) is 0 Å². The van der Waals surface area contributed by atoms with E-state index >= 15 is 0 Å². The highest BCUT2D eigenvalue weighted by Crippen LogP contribution is 2.46. The van der Waals surface area contributed by atoms with Gasteiger partial charge in [0, 0.05) is 17.7 Å². The molecule has 0 unspecified atom stereocenters. The number of carbonyl (C=O) groups excluding carboxylic acids is 2. The van der Waals surface area contributed by atoms with Gasteiger partial charge in [0.25, 0.3) is 0 Å². The predicted molar refractivity (Wildman–Crippen MR) is 99.3 cm³/mol. The van der Waals surface area contributed by atoms with Gasteiger partial charge in [0.1, 0.15) is 0 Å². The lowest BCUT2D eigenvalue weighted by atomic mass is 9.82. The lowest BCUT2D eigenvalue weighted by Crippen LogP contribution is -2.62. The Bertz CT molecular complexity index is 961. The molecule has 1 amide bonds. The molecule has 2 aromatic rings. The number of carboxylic acids is 1. The van der Waals surface area contributed by atoms with Crippen molar-refractivity contribution in [2.75, 3.05) is 0 Å². The molecule has 2 aliphatic rings. The van der Waals surface area contributed by atoms with Crippen LogP contribution in [0.1, 0.15) is 30.0 Å². The SMILES string of the molecule is Cc1cc[n+](Cc2ccc(C3=C(C(=O)[O-])N4C(=O)[C@H]([C@@H](C)O)[C@H]4C3)cc2)cc1. The fraction of sp³-hybridized carbons (Fsp3) is 0.318. The van der Waals surface area contributed by atoms with Crippen LogP contribution < -0.4 is 9.67 Å². The Morgan fingerprint density at radius 3 is 2.46 bits per heavy atom. The van der Waals surface area contributed by atoms with Gasteiger partial charge in [0.15, 0.2) is 18.9 Å². The Kier molecular flexibility index (Phi) is 4.51. The highest BCUT2D eigenvalue weighted by Gasteiger charge is 2.55. The van der Waals surface area contributed by atoms with E-state index in [0.29, 0.717) is 18.5 Å². The number of nitrogens with zero attached hydrogens (tertiary/aromatic N) is 2. The Morgan fingerprint density at radius 1 is 1.25 bits per heavy atom. The highest BCUT2D eigenvalue weighted by molar-refractivity contribution is 6.05. The highest BCUT2D eigenvalue weighted by atomic mass is 16.4. The molecule has 6 nitrogen and oxygen atoms in total. The largest absolute Gasteiger partial charge is 0.543 e. The van der Waals surface area contributed by atoms with Crippen molar-refractivity contribution in [2.45, 2.75) is 39.0 Å². The number of amides is 1. The number of hydrogen-bond acceptors (Lipinski definition) is 4. The molecule has 2 aliphatic heterocycles. The summed E-state index contributed by atoms with van der Waals surface area (Å²) in [4.78, 5) is 25.3. The summed E-state index contributed by atoms with van der Waals surface area (Å²) in [6.45, 7) is 4.32. The van der Waals surface area contributed by atoms with Gasteiger partial charge >= 0.3 is 0 Å². The van der Waals surface area contributed by atoms with E-state index in [1.54, 1.807) is 6.92 Å². The van der Waals surface area contributed by atoms with Crippen LogP contribution in [0.4, 0.5) is 0 Å². The van der Waals surface area contributed by atoms with E-state index in [1.807, 2.05) is 55.7 Å². The first-order chi connectivity index (χ1) is 13.4. The molecule has 1 aromatic heterocycles. The second kappa shape index (κ2) is 6.87. The summed E-state index contributed by atoms with van der Waals surface area (Å²) in [6, 6.07) is 11.5. The molecule has 0 aliphatic carbocycles. The third-order valence-electron chi connectivity index (χ3n) is 5.65. The number of aliphatic carboxylic acids is 1. The molecule has 1 N–H and O–H groups in total. The number of carboxylic acid groups (broad SMARTS) is 1. The van der Waals surface area contributed by atoms with E-state index in [2.05, 4.69) is 4.57 Å². The van der Waals surface area contributed by atoms with Gasteiger partial charge in [-0.2, -0.15) is 0 Å². The molecular formula is C22H22N2O4. The number of benzene rings is 1. The molecule has 1 fully saturated rings. The summed E-state index contributed by atoms with van der Waals surface area (Å²) < 4.78 is 2.07. The fourth-order valence-electron chi connectivity index (χ4n) is 4.18. The summed E-state index contributed by atoms with van der Waals surface area (Å²) in [5.74, 6) is -2.25. The summed E-state index contributed by atoms with van der Waals surface area (Å²) in [6.07, 6.45) is 3.65. The molecular weight excluding hydrogens is 356 g/mol. The molecule has 0 radical (unpaired) electrons. The van der Waals surface area contributed by atoms with Crippen molar-refractivity contribution in [3.8, 4) is 0 Å². The molecule has 0 saturated carbocycles. The van der Waals surface area contributed by atoms with Gasteiger partial charge in [-0.25, -0.2) is 4.57 Å². The number of aliphatic hydroxyl groups excluding tert-OH is 1. The monoisotopic (exact) mass is 378 g/mol. The molecule has 1 aromatic carbocycles. The first-order valence-corrected chi connectivity index (χ1v) is 9.37.